The van der Waals surface area contributed by atoms with E-state index < -0.39 is 5.97 Å². The van der Waals surface area contributed by atoms with E-state index in [1.165, 1.54) is 18.4 Å². The van der Waals surface area contributed by atoms with Crippen LogP contribution in [0.1, 0.15) is 23.0 Å². The van der Waals surface area contributed by atoms with Gasteiger partial charge in [-0.05, 0) is 24.4 Å². The lowest BCUT2D eigenvalue weighted by molar-refractivity contribution is -0.119. The number of thiophene rings is 1. The van der Waals surface area contributed by atoms with E-state index in [0.717, 1.165) is 0 Å². The number of anilines is 1. The molecule has 1 unspecified atom stereocenters. The van der Waals surface area contributed by atoms with Crippen LogP contribution >= 0.6 is 11.3 Å². The van der Waals surface area contributed by atoms with Crippen molar-refractivity contribution in [1.82, 2.24) is 0 Å². The molecule has 0 saturated heterocycles. The molecule has 94 valence electrons. The van der Waals surface area contributed by atoms with Gasteiger partial charge < -0.3 is 15.8 Å². The van der Waals surface area contributed by atoms with Crippen LogP contribution in [0, 0.1) is 5.92 Å². The first-order chi connectivity index (χ1) is 8.10. The number of esters is 1. The van der Waals surface area contributed by atoms with Crippen molar-refractivity contribution in [2.45, 2.75) is 13.3 Å². The van der Waals surface area contributed by atoms with E-state index in [9.17, 15) is 9.59 Å². The van der Waals surface area contributed by atoms with Crippen LogP contribution in [0.5, 0.6) is 0 Å². The van der Waals surface area contributed by atoms with Crippen LogP contribution < -0.4 is 11.1 Å². The van der Waals surface area contributed by atoms with Gasteiger partial charge in [0.2, 0.25) is 5.91 Å². The van der Waals surface area contributed by atoms with Gasteiger partial charge in [-0.25, -0.2) is 4.79 Å². The molecule has 1 aromatic rings. The van der Waals surface area contributed by atoms with Crippen molar-refractivity contribution in [3.63, 3.8) is 0 Å². The third-order valence-electron chi connectivity index (χ3n) is 2.34. The number of ether oxygens (including phenoxy) is 1. The molecule has 0 fully saturated rings. The number of carbonyl (C=O) groups is 2. The van der Waals surface area contributed by atoms with E-state index in [4.69, 9.17) is 5.73 Å². The van der Waals surface area contributed by atoms with Gasteiger partial charge in [-0.3, -0.25) is 4.79 Å². The molecule has 1 amide bonds. The normalized spacial score (nSPS) is 11.9. The monoisotopic (exact) mass is 256 g/mol. The van der Waals surface area contributed by atoms with Crippen molar-refractivity contribution in [2.24, 2.45) is 11.7 Å². The average molecular weight is 256 g/mol. The van der Waals surface area contributed by atoms with Crippen LogP contribution in [0.4, 0.5) is 5.69 Å². The van der Waals surface area contributed by atoms with Crippen molar-refractivity contribution in [3.8, 4) is 0 Å². The number of hydrogen-bond acceptors (Lipinski definition) is 5. The Hall–Kier alpha value is -1.40. The molecule has 17 heavy (non-hydrogen) atoms. The molecule has 0 aliphatic heterocycles. The Balaban J connectivity index is 2.72. The van der Waals surface area contributed by atoms with E-state index in [2.05, 4.69) is 10.1 Å². The Bertz CT molecular complexity index is 403. The van der Waals surface area contributed by atoms with Gasteiger partial charge in [0.1, 0.15) is 4.88 Å². The van der Waals surface area contributed by atoms with Crippen LogP contribution in [0.2, 0.25) is 0 Å². The summed E-state index contributed by atoms with van der Waals surface area (Å²) >= 11 is 1.24. The van der Waals surface area contributed by atoms with Crippen molar-refractivity contribution >= 4 is 28.9 Å². The average Bonchev–Trinajstić information content (AvgIpc) is 2.76. The fourth-order valence-electron chi connectivity index (χ4n) is 1.30. The van der Waals surface area contributed by atoms with Gasteiger partial charge in [0, 0.05) is 5.92 Å². The molecule has 6 heteroatoms. The molecule has 0 saturated carbocycles. The zero-order valence-electron chi connectivity index (χ0n) is 9.86. The number of hydrogen-bond donors (Lipinski definition) is 2. The zero-order valence-corrected chi connectivity index (χ0v) is 10.7. The van der Waals surface area contributed by atoms with E-state index in [0.29, 0.717) is 23.5 Å². The topological polar surface area (TPSA) is 81.4 Å². The van der Waals surface area contributed by atoms with E-state index in [-0.39, 0.29) is 11.8 Å². The van der Waals surface area contributed by atoms with E-state index >= 15 is 0 Å². The van der Waals surface area contributed by atoms with Gasteiger partial charge in [0.25, 0.3) is 0 Å². The smallest absolute Gasteiger partial charge is 0.350 e. The first-order valence-corrected chi connectivity index (χ1v) is 6.14. The molecule has 1 heterocycles. The first-order valence-electron chi connectivity index (χ1n) is 5.26. The highest BCUT2D eigenvalue weighted by Crippen LogP contribution is 2.23. The van der Waals surface area contributed by atoms with Gasteiger partial charge in [0.15, 0.2) is 0 Å². The second kappa shape index (κ2) is 6.36. The molecule has 1 aromatic heterocycles. The van der Waals surface area contributed by atoms with Crippen molar-refractivity contribution < 1.29 is 14.3 Å². The minimum atomic E-state index is -0.443. The third kappa shape index (κ3) is 3.54. The van der Waals surface area contributed by atoms with Crippen LogP contribution in [0.3, 0.4) is 0 Å². The van der Waals surface area contributed by atoms with Crippen LogP contribution in [-0.4, -0.2) is 25.5 Å². The number of carbonyl (C=O) groups excluding carboxylic acids is 2. The second-order valence-electron chi connectivity index (χ2n) is 3.62. The molecule has 0 bridgehead atoms. The molecule has 0 aliphatic rings. The molecule has 5 nitrogen and oxygen atoms in total. The molecular weight excluding hydrogens is 240 g/mol. The molecule has 0 radical (unpaired) electrons. The van der Waals surface area contributed by atoms with E-state index in [1.54, 1.807) is 18.4 Å². The lowest BCUT2D eigenvalue weighted by atomic mass is 10.1. The van der Waals surface area contributed by atoms with Crippen LogP contribution in [0.15, 0.2) is 11.4 Å². The highest BCUT2D eigenvalue weighted by Gasteiger charge is 2.18. The number of nitrogens with two attached hydrogens (primary N) is 1. The summed E-state index contributed by atoms with van der Waals surface area (Å²) in [5.41, 5.74) is 5.88. The van der Waals surface area contributed by atoms with E-state index in [1.807, 2.05) is 0 Å². The van der Waals surface area contributed by atoms with Crippen LogP contribution in [0.25, 0.3) is 0 Å². The van der Waals surface area contributed by atoms with Crippen molar-refractivity contribution in [3.05, 3.63) is 16.3 Å². The van der Waals surface area contributed by atoms with Gasteiger partial charge in [-0.1, -0.05) is 6.92 Å². The molecule has 0 spiro atoms. The number of rotatable bonds is 5. The summed E-state index contributed by atoms with van der Waals surface area (Å²) < 4.78 is 4.62. The first kappa shape index (κ1) is 13.7. The maximum absolute atomic E-state index is 11.7. The summed E-state index contributed by atoms with van der Waals surface area (Å²) in [6.07, 6.45) is 0.615. The predicted molar refractivity (Wildman–Crippen MR) is 67.1 cm³/mol. The van der Waals surface area contributed by atoms with Crippen molar-refractivity contribution in [2.75, 3.05) is 19.0 Å². The fourth-order valence-corrected chi connectivity index (χ4v) is 2.06. The Morgan fingerprint density at radius 2 is 2.29 bits per heavy atom. The summed E-state index contributed by atoms with van der Waals surface area (Å²) in [5.74, 6) is -0.758. The molecular formula is C11H16N2O3S. The van der Waals surface area contributed by atoms with Gasteiger partial charge >= 0.3 is 5.97 Å². The molecule has 3 N–H and O–H groups in total. The summed E-state index contributed by atoms with van der Waals surface area (Å²) in [4.78, 5) is 23.5. The lowest BCUT2D eigenvalue weighted by Gasteiger charge is -2.10. The standard InChI is InChI=1S/C11H16N2O3S/c1-7(3-5-12)10(14)13-8-4-6-17-9(8)11(15)16-2/h4,6-7H,3,5,12H2,1-2H3,(H,13,14). The third-order valence-corrected chi connectivity index (χ3v) is 3.24. The quantitative estimate of drug-likeness (QED) is 0.781. The SMILES string of the molecule is COC(=O)c1sccc1NC(=O)C(C)CCN. The summed E-state index contributed by atoms with van der Waals surface area (Å²) in [5, 5.41) is 4.44. The number of methoxy groups -OCH3 is 1. The second-order valence-corrected chi connectivity index (χ2v) is 4.54. The summed E-state index contributed by atoms with van der Waals surface area (Å²) in [7, 11) is 1.31. The molecule has 0 aliphatic carbocycles. The van der Waals surface area contributed by atoms with Crippen LogP contribution in [-0.2, 0) is 9.53 Å². The zero-order chi connectivity index (χ0) is 12.8. The minimum Gasteiger partial charge on any atom is -0.465 e. The fraction of sp³-hybridized carbons (Fsp3) is 0.455. The molecule has 0 aromatic carbocycles. The summed E-state index contributed by atoms with van der Waals surface area (Å²) in [6.45, 7) is 2.26. The van der Waals surface area contributed by atoms with Gasteiger partial charge in [0.05, 0.1) is 12.8 Å². The summed E-state index contributed by atoms with van der Waals surface area (Å²) in [6, 6.07) is 1.68. The Morgan fingerprint density at radius 1 is 1.59 bits per heavy atom. The molecule has 1 atom stereocenters. The lowest BCUT2D eigenvalue weighted by Crippen LogP contribution is -2.23. The largest absolute Gasteiger partial charge is 0.465 e. The minimum absolute atomic E-state index is 0.140. The maximum atomic E-state index is 11.7. The maximum Gasteiger partial charge on any atom is 0.350 e. The van der Waals surface area contributed by atoms with Crippen molar-refractivity contribution in [1.29, 1.82) is 0 Å². The van der Waals surface area contributed by atoms with Gasteiger partial charge in [-0.2, -0.15) is 0 Å². The predicted octanol–water partition coefficient (Wildman–Crippen LogP) is 1.46. The number of amides is 1. The highest BCUT2D eigenvalue weighted by molar-refractivity contribution is 7.12. The molecule has 1 rings (SSSR count). The highest BCUT2D eigenvalue weighted by atomic mass is 32.1. The number of nitrogens with one attached hydrogen (secondary N) is 1. The Kier molecular flexibility index (Phi) is 5.11. The Morgan fingerprint density at radius 3 is 2.88 bits per heavy atom. The van der Waals surface area contributed by atoms with Gasteiger partial charge in [-0.15, -0.1) is 11.3 Å². The Labute approximate surface area is 104 Å².